The molecule has 0 amide bonds. The lowest BCUT2D eigenvalue weighted by Gasteiger charge is -2.18. The Labute approximate surface area is 274 Å². The minimum absolute atomic E-state index is 0.0587. The second-order valence-electron chi connectivity index (χ2n) is 10.4. The number of pyridine rings is 1. The average molecular weight is 683 g/mol. The lowest BCUT2D eigenvalue weighted by atomic mass is 9.84. The molecule has 17 heteroatoms. The molecule has 0 aliphatic carbocycles. The van der Waals surface area contributed by atoms with Crippen LogP contribution in [0.5, 0.6) is 0 Å². The van der Waals surface area contributed by atoms with Crippen LogP contribution in [0.4, 0.5) is 0 Å². The number of carbonyl (C=O) groups is 8. The highest BCUT2D eigenvalue weighted by Crippen LogP contribution is 2.44. The van der Waals surface area contributed by atoms with Crippen LogP contribution in [-0.2, 0) is 0 Å². The zero-order valence-electron chi connectivity index (χ0n) is 24.5. The van der Waals surface area contributed by atoms with Crippen LogP contribution in [-0.4, -0.2) is 93.6 Å². The van der Waals surface area contributed by atoms with Crippen molar-refractivity contribution in [2.75, 3.05) is 0 Å². The molecule has 0 saturated carbocycles. The molecular formula is C33H17NO16. The van der Waals surface area contributed by atoms with Gasteiger partial charge in [0, 0.05) is 10.8 Å². The standard InChI is InChI=1S/C24H12O8.C9H5NO8/c25-21(26)13-5-1-9-10-2-6-15(23(29)30)20-16(24(31)32)8-4-12(18(10)20)11-3-7-14(22(27)28)19(13)17(9)11;11-6(12)2-1-3(7(13)14)5(9(17)18)10-4(2)8(15)16/h1-8H,(H,25,26)(H,27,28)(H,29,30)(H,31,32);1H,(H,11,12)(H,13,14)(H,15,16)(H,17,18). The van der Waals surface area contributed by atoms with Crippen molar-refractivity contribution in [1.82, 2.24) is 4.98 Å². The minimum atomic E-state index is -1.77. The van der Waals surface area contributed by atoms with E-state index in [2.05, 4.69) is 4.98 Å². The Hall–Kier alpha value is -7.69. The number of benzene rings is 5. The van der Waals surface area contributed by atoms with Gasteiger partial charge in [-0.15, -0.1) is 0 Å². The van der Waals surface area contributed by atoms with Crippen LogP contribution >= 0.6 is 0 Å². The van der Waals surface area contributed by atoms with Gasteiger partial charge in [-0.1, -0.05) is 24.3 Å². The largest absolute Gasteiger partial charge is 0.478 e. The van der Waals surface area contributed by atoms with Crippen molar-refractivity contribution < 1.29 is 79.2 Å². The van der Waals surface area contributed by atoms with Crippen LogP contribution in [0.15, 0.2) is 54.6 Å². The predicted octanol–water partition coefficient (Wildman–Crippen LogP) is 4.40. The lowest BCUT2D eigenvalue weighted by Crippen LogP contribution is -2.18. The van der Waals surface area contributed by atoms with Crippen molar-refractivity contribution in [3.05, 3.63) is 99.4 Å². The summed E-state index contributed by atoms with van der Waals surface area (Å²) in [7, 11) is 0. The third-order valence-electron chi connectivity index (χ3n) is 7.71. The van der Waals surface area contributed by atoms with E-state index in [1.54, 1.807) is 0 Å². The minimum Gasteiger partial charge on any atom is -0.478 e. The molecule has 1 heterocycles. The van der Waals surface area contributed by atoms with E-state index in [4.69, 9.17) is 20.4 Å². The molecule has 8 N–H and O–H groups in total. The predicted molar refractivity (Wildman–Crippen MR) is 168 cm³/mol. The fourth-order valence-electron chi connectivity index (χ4n) is 5.77. The van der Waals surface area contributed by atoms with Crippen molar-refractivity contribution >= 4 is 90.8 Å². The van der Waals surface area contributed by atoms with Gasteiger partial charge in [0.05, 0.1) is 33.4 Å². The van der Waals surface area contributed by atoms with Gasteiger partial charge in [0.25, 0.3) is 0 Å². The highest BCUT2D eigenvalue weighted by molar-refractivity contribution is 6.38. The average Bonchev–Trinajstić information content (AvgIpc) is 3.05. The van der Waals surface area contributed by atoms with Crippen LogP contribution in [0.1, 0.15) is 83.1 Å². The van der Waals surface area contributed by atoms with Crippen LogP contribution in [0.3, 0.4) is 0 Å². The van der Waals surface area contributed by atoms with E-state index >= 15 is 0 Å². The summed E-state index contributed by atoms with van der Waals surface area (Å²) in [5.41, 5.74) is -4.57. The first-order chi connectivity index (χ1) is 23.5. The fraction of sp³-hybridized carbons (Fsp3) is 0. The summed E-state index contributed by atoms with van der Waals surface area (Å²) in [6, 6.07) is 11.8. The van der Waals surface area contributed by atoms with Crippen molar-refractivity contribution in [2.24, 2.45) is 0 Å². The number of hydrogen-bond donors (Lipinski definition) is 8. The first-order valence-electron chi connectivity index (χ1n) is 13.6. The van der Waals surface area contributed by atoms with Gasteiger partial charge in [-0.3, -0.25) is 0 Å². The molecule has 50 heavy (non-hydrogen) atoms. The highest BCUT2D eigenvalue weighted by Gasteiger charge is 2.28. The first-order valence-corrected chi connectivity index (χ1v) is 13.6. The van der Waals surface area contributed by atoms with Gasteiger partial charge in [-0.25, -0.2) is 43.3 Å². The number of aromatic carboxylic acids is 8. The molecule has 17 nitrogen and oxygen atoms in total. The quantitative estimate of drug-likeness (QED) is 0.0813. The second-order valence-corrected chi connectivity index (χ2v) is 10.4. The number of carboxylic acids is 8. The number of carboxylic acid groups (broad SMARTS) is 8. The van der Waals surface area contributed by atoms with E-state index in [9.17, 15) is 58.8 Å². The molecule has 6 rings (SSSR count). The Morgan fingerprint density at radius 1 is 0.320 bits per heavy atom. The van der Waals surface area contributed by atoms with Crippen LogP contribution in [0.2, 0.25) is 0 Å². The van der Waals surface area contributed by atoms with Gasteiger partial charge in [-0.2, -0.15) is 0 Å². The van der Waals surface area contributed by atoms with Gasteiger partial charge >= 0.3 is 47.8 Å². The van der Waals surface area contributed by atoms with Gasteiger partial charge < -0.3 is 40.9 Å². The van der Waals surface area contributed by atoms with E-state index in [1.165, 1.54) is 48.5 Å². The Balaban J connectivity index is 0.000000231. The molecule has 5 aromatic carbocycles. The number of aromatic nitrogens is 1. The van der Waals surface area contributed by atoms with E-state index in [0.29, 0.717) is 38.4 Å². The Morgan fingerprint density at radius 2 is 0.560 bits per heavy atom. The zero-order chi connectivity index (χ0) is 36.9. The number of nitrogens with zero attached hydrogens (tertiary/aromatic N) is 1. The maximum atomic E-state index is 11.9. The van der Waals surface area contributed by atoms with Crippen LogP contribution in [0, 0.1) is 0 Å². The number of rotatable bonds is 8. The number of hydrogen-bond acceptors (Lipinski definition) is 9. The van der Waals surface area contributed by atoms with E-state index in [1.807, 2.05) is 0 Å². The van der Waals surface area contributed by atoms with Crippen LogP contribution < -0.4 is 0 Å². The number of fused-ring (bicyclic) bond motifs is 2. The molecular weight excluding hydrogens is 666 g/mol. The monoisotopic (exact) mass is 683 g/mol. The molecule has 6 aromatic rings. The van der Waals surface area contributed by atoms with E-state index < -0.39 is 70.3 Å². The first kappa shape index (κ1) is 33.7. The summed E-state index contributed by atoms with van der Waals surface area (Å²) in [6.07, 6.45) is 0. The molecule has 0 unspecified atom stereocenters. The van der Waals surface area contributed by atoms with Gasteiger partial charge in [0.15, 0.2) is 11.4 Å². The highest BCUT2D eigenvalue weighted by atomic mass is 16.4. The third kappa shape index (κ3) is 5.31. The normalized spacial score (nSPS) is 10.9. The topological polar surface area (TPSA) is 311 Å². The van der Waals surface area contributed by atoms with E-state index in [-0.39, 0.29) is 33.0 Å². The molecule has 1 aromatic heterocycles. The summed E-state index contributed by atoms with van der Waals surface area (Å²) in [6.45, 7) is 0. The summed E-state index contributed by atoms with van der Waals surface area (Å²) >= 11 is 0. The summed E-state index contributed by atoms with van der Waals surface area (Å²) in [4.78, 5) is 93.4. The third-order valence-corrected chi connectivity index (χ3v) is 7.71. The van der Waals surface area contributed by atoms with Crippen LogP contribution in [0.25, 0.3) is 43.1 Å². The van der Waals surface area contributed by atoms with Gasteiger partial charge in [0.1, 0.15) is 0 Å². The van der Waals surface area contributed by atoms with Crippen molar-refractivity contribution in [3.8, 4) is 0 Å². The summed E-state index contributed by atoms with van der Waals surface area (Å²) in [5.74, 6) is -12.1. The van der Waals surface area contributed by atoms with Crippen molar-refractivity contribution in [1.29, 1.82) is 0 Å². The molecule has 0 spiro atoms. The lowest BCUT2D eigenvalue weighted by molar-refractivity contribution is 0.0626. The van der Waals surface area contributed by atoms with Crippen molar-refractivity contribution in [3.63, 3.8) is 0 Å². The van der Waals surface area contributed by atoms with Crippen molar-refractivity contribution in [2.45, 2.75) is 0 Å². The fourth-order valence-corrected chi connectivity index (χ4v) is 5.77. The molecule has 250 valence electrons. The smallest absolute Gasteiger partial charge is 0.355 e. The summed E-state index contributed by atoms with van der Waals surface area (Å²) in [5, 5.41) is 76.4. The Kier molecular flexibility index (Phi) is 8.19. The van der Waals surface area contributed by atoms with Gasteiger partial charge in [0.2, 0.25) is 0 Å². The molecule has 0 saturated heterocycles. The van der Waals surface area contributed by atoms with Gasteiger partial charge in [-0.05, 0) is 62.6 Å². The molecule has 0 fully saturated rings. The maximum Gasteiger partial charge on any atom is 0.355 e. The second kappa shape index (κ2) is 12.2. The SMILES string of the molecule is O=C(O)c1cc(C(=O)O)c(C(=O)O)nc1C(=O)O.O=C(O)c1ccc2c3ccc(C(=O)O)c4c(C(=O)O)ccc(c5ccc(C(=O)O)c1c25)c43. The molecule has 0 aliphatic rings. The Bertz CT molecular complexity index is 2230. The Morgan fingerprint density at radius 3 is 0.760 bits per heavy atom. The molecule has 0 aliphatic heterocycles. The molecule has 0 atom stereocenters. The van der Waals surface area contributed by atoms with E-state index in [0.717, 1.165) is 0 Å². The maximum absolute atomic E-state index is 11.9. The molecule has 0 bridgehead atoms. The summed E-state index contributed by atoms with van der Waals surface area (Å²) < 4.78 is 0. The molecule has 0 radical (unpaired) electrons. The zero-order valence-corrected chi connectivity index (χ0v) is 24.5.